The van der Waals surface area contributed by atoms with Crippen molar-refractivity contribution in [3.8, 4) is 0 Å². The Hall–Kier alpha value is -3.38. The second-order valence-electron chi connectivity index (χ2n) is 6.33. The molecule has 4 rings (SSSR count). The molecule has 0 aliphatic rings. The minimum Gasteiger partial charge on any atom is -0.444 e. The van der Waals surface area contributed by atoms with Crippen molar-refractivity contribution in [1.29, 1.82) is 0 Å². The summed E-state index contributed by atoms with van der Waals surface area (Å²) in [6.07, 6.45) is 2.68. The Balaban J connectivity index is 1.72. The summed E-state index contributed by atoms with van der Waals surface area (Å²) in [5.41, 5.74) is 1.93. The van der Waals surface area contributed by atoms with E-state index in [0.717, 1.165) is 0 Å². The maximum Gasteiger partial charge on any atom is 0.360 e. The average molecular weight is 402 g/mol. The number of pyridine rings is 1. The molecule has 0 N–H and O–H groups in total. The second kappa shape index (κ2) is 8.32. The Morgan fingerprint density at radius 3 is 2.28 bits per heavy atom. The van der Waals surface area contributed by atoms with E-state index in [-0.39, 0.29) is 11.5 Å². The molecule has 0 bridgehead atoms. The first-order valence-corrected chi connectivity index (χ1v) is 10.3. The van der Waals surface area contributed by atoms with E-state index in [1.54, 1.807) is 42.5 Å². The maximum atomic E-state index is 13.1. The summed E-state index contributed by atoms with van der Waals surface area (Å²) in [7, 11) is 0. The van der Waals surface area contributed by atoms with E-state index < -0.39 is 12.1 Å². The summed E-state index contributed by atoms with van der Waals surface area (Å²) in [6, 6.07) is 23.4. The first kappa shape index (κ1) is 19.0. The van der Waals surface area contributed by atoms with Gasteiger partial charge in [-0.2, -0.15) is 0 Å². The lowest BCUT2D eigenvalue weighted by molar-refractivity contribution is 0.0276. The van der Waals surface area contributed by atoms with Gasteiger partial charge in [0, 0.05) is 17.3 Å². The third kappa shape index (κ3) is 3.79. The minimum atomic E-state index is -1.05. The van der Waals surface area contributed by atoms with Gasteiger partial charge in [0.1, 0.15) is 0 Å². The van der Waals surface area contributed by atoms with Crippen molar-refractivity contribution >= 4 is 29.0 Å². The Morgan fingerprint density at radius 1 is 0.931 bits per heavy atom. The predicted molar refractivity (Wildman–Crippen MR) is 112 cm³/mol. The van der Waals surface area contributed by atoms with Crippen LogP contribution in [0.5, 0.6) is 0 Å². The number of esters is 1. The quantitative estimate of drug-likeness (QED) is 0.262. The summed E-state index contributed by atoms with van der Waals surface area (Å²) in [6.45, 7) is 0. The first-order valence-electron chi connectivity index (χ1n) is 9.05. The van der Waals surface area contributed by atoms with Crippen molar-refractivity contribution in [2.45, 2.75) is 11.3 Å². The molecule has 0 radical (unpaired) electrons. The lowest BCUT2D eigenvalue weighted by Gasteiger charge is -2.17. The van der Waals surface area contributed by atoms with Crippen LogP contribution in [0.4, 0.5) is 0 Å². The molecule has 6 heteroatoms. The molecule has 0 unspecified atom stereocenters. The van der Waals surface area contributed by atoms with Crippen LogP contribution >= 0.6 is 11.8 Å². The molecule has 0 saturated carbocycles. The molecule has 29 heavy (non-hydrogen) atoms. The number of imidazole rings is 1. The summed E-state index contributed by atoms with van der Waals surface area (Å²) >= 11 is 1.43. The molecule has 0 spiro atoms. The summed E-state index contributed by atoms with van der Waals surface area (Å²) < 4.78 is 7.56. The SMILES string of the molecule is CSc1nc(C(=O)O[C@@H](C(=O)c2ccccc2)c2ccccc2)c2ccccn12. The van der Waals surface area contributed by atoms with Crippen molar-refractivity contribution in [1.82, 2.24) is 9.38 Å². The van der Waals surface area contributed by atoms with Gasteiger partial charge in [-0.05, 0) is 18.4 Å². The lowest BCUT2D eigenvalue weighted by atomic mass is 10.00. The van der Waals surface area contributed by atoms with Crippen LogP contribution in [0.2, 0.25) is 0 Å². The van der Waals surface area contributed by atoms with Crippen LogP contribution in [0.25, 0.3) is 5.52 Å². The van der Waals surface area contributed by atoms with E-state index in [9.17, 15) is 9.59 Å². The zero-order chi connectivity index (χ0) is 20.2. The van der Waals surface area contributed by atoms with Gasteiger partial charge in [-0.15, -0.1) is 0 Å². The van der Waals surface area contributed by atoms with Gasteiger partial charge in [-0.3, -0.25) is 9.20 Å². The number of ether oxygens (including phenoxy) is 1. The molecule has 4 aromatic rings. The third-order valence-electron chi connectivity index (χ3n) is 4.52. The molecule has 0 fully saturated rings. The topological polar surface area (TPSA) is 60.7 Å². The Bertz CT molecular complexity index is 1160. The maximum absolute atomic E-state index is 13.1. The van der Waals surface area contributed by atoms with Crippen LogP contribution in [0.1, 0.15) is 32.5 Å². The smallest absolute Gasteiger partial charge is 0.360 e. The number of nitrogens with zero attached hydrogens (tertiary/aromatic N) is 2. The molecule has 1 atom stereocenters. The fraction of sp³-hybridized carbons (Fsp3) is 0.0870. The van der Waals surface area contributed by atoms with Crippen LogP contribution < -0.4 is 0 Å². The zero-order valence-electron chi connectivity index (χ0n) is 15.7. The van der Waals surface area contributed by atoms with Crippen LogP contribution in [-0.2, 0) is 4.74 Å². The number of Topliss-reactive ketones (excluding diaryl/α,β-unsaturated/α-hetero) is 1. The molecular weight excluding hydrogens is 384 g/mol. The van der Waals surface area contributed by atoms with Crippen LogP contribution in [-0.4, -0.2) is 27.4 Å². The predicted octanol–water partition coefficient (Wildman–Crippen LogP) is 4.84. The van der Waals surface area contributed by atoms with Crippen molar-refractivity contribution in [2.24, 2.45) is 0 Å². The van der Waals surface area contributed by atoms with Gasteiger partial charge < -0.3 is 4.74 Å². The van der Waals surface area contributed by atoms with Crippen LogP contribution in [0, 0.1) is 0 Å². The summed E-state index contributed by atoms with van der Waals surface area (Å²) in [4.78, 5) is 30.6. The van der Waals surface area contributed by atoms with E-state index >= 15 is 0 Å². The highest BCUT2D eigenvalue weighted by Crippen LogP contribution is 2.26. The number of carbonyl (C=O) groups excluding carboxylic acids is 2. The summed E-state index contributed by atoms with van der Waals surface area (Å²) in [5.74, 6) is -0.911. The Labute approximate surface area is 172 Å². The standard InChI is InChI=1S/C23H18N2O3S/c1-29-23-24-19(18-14-8-9-15-25(18)23)22(27)28-21(17-12-6-3-7-13-17)20(26)16-10-4-2-5-11-16/h2-15,21H,1H3/t21-/m1/s1. The number of aromatic nitrogens is 2. The van der Waals surface area contributed by atoms with Gasteiger partial charge in [0.15, 0.2) is 17.0 Å². The number of thioether (sulfide) groups is 1. The average Bonchev–Trinajstić information content (AvgIpc) is 3.17. The van der Waals surface area contributed by atoms with Crippen LogP contribution in [0.15, 0.2) is 90.2 Å². The number of carbonyl (C=O) groups is 2. The van der Waals surface area contributed by atoms with E-state index in [2.05, 4.69) is 4.98 Å². The minimum absolute atomic E-state index is 0.191. The summed E-state index contributed by atoms with van der Waals surface area (Å²) in [5, 5.41) is 0.679. The molecule has 144 valence electrons. The third-order valence-corrected chi connectivity index (χ3v) is 5.17. The van der Waals surface area contributed by atoms with Gasteiger partial charge in [0.2, 0.25) is 5.78 Å². The fourth-order valence-corrected chi connectivity index (χ4v) is 3.66. The molecule has 0 amide bonds. The molecule has 2 aromatic heterocycles. The van der Waals surface area contributed by atoms with Gasteiger partial charge >= 0.3 is 5.97 Å². The molecule has 2 heterocycles. The highest BCUT2D eigenvalue weighted by Gasteiger charge is 2.28. The molecule has 2 aromatic carbocycles. The van der Waals surface area contributed by atoms with Crippen molar-refractivity contribution in [3.05, 3.63) is 102 Å². The highest BCUT2D eigenvalue weighted by atomic mass is 32.2. The number of hydrogen-bond donors (Lipinski definition) is 0. The number of rotatable bonds is 6. The van der Waals surface area contributed by atoms with E-state index in [1.807, 2.05) is 53.3 Å². The van der Waals surface area contributed by atoms with Gasteiger partial charge in [-0.1, -0.05) is 78.5 Å². The Kier molecular flexibility index (Phi) is 5.44. The first-order chi connectivity index (χ1) is 14.2. The molecule has 0 aliphatic carbocycles. The van der Waals surface area contributed by atoms with Crippen molar-refractivity contribution in [3.63, 3.8) is 0 Å². The molecule has 5 nitrogen and oxygen atoms in total. The molecule has 0 saturated heterocycles. The normalized spacial score (nSPS) is 11.9. The number of benzene rings is 2. The molecule has 0 aliphatic heterocycles. The van der Waals surface area contributed by atoms with E-state index in [1.165, 1.54) is 11.8 Å². The van der Waals surface area contributed by atoms with Gasteiger partial charge in [0.25, 0.3) is 0 Å². The fourth-order valence-electron chi connectivity index (χ4n) is 3.12. The number of fused-ring (bicyclic) bond motifs is 1. The zero-order valence-corrected chi connectivity index (χ0v) is 16.5. The number of hydrogen-bond acceptors (Lipinski definition) is 5. The molecular formula is C23H18N2O3S. The van der Waals surface area contributed by atoms with Crippen LogP contribution in [0.3, 0.4) is 0 Å². The van der Waals surface area contributed by atoms with Gasteiger partial charge in [0.05, 0.1) is 5.52 Å². The lowest BCUT2D eigenvalue weighted by Crippen LogP contribution is -2.20. The van der Waals surface area contributed by atoms with Crippen molar-refractivity contribution < 1.29 is 14.3 Å². The van der Waals surface area contributed by atoms with Gasteiger partial charge in [-0.25, -0.2) is 9.78 Å². The second-order valence-corrected chi connectivity index (χ2v) is 7.10. The van der Waals surface area contributed by atoms with E-state index in [4.69, 9.17) is 4.74 Å². The van der Waals surface area contributed by atoms with Crippen molar-refractivity contribution in [2.75, 3.05) is 6.26 Å². The van der Waals surface area contributed by atoms with E-state index in [0.29, 0.717) is 21.8 Å². The number of ketones is 1. The monoisotopic (exact) mass is 402 g/mol. The Morgan fingerprint density at radius 2 is 1.59 bits per heavy atom. The highest BCUT2D eigenvalue weighted by molar-refractivity contribution is 7.98. The largest absolute Gasteiger partial charge is 0.444 e.